The predicted octanol–water partition coefficient (Wildman–Crippen LogP) is 4.01. The van der Waals surface area contributed by atoms with Crippen LogP contribution in [0.5, 0.6) is 0 Å². The van der Waals surface area contributed by atoms with Crippen molar-refractivity contribution < 1.29 is 9.53 Å². The Bertz CT molecular complexity index is 790. The molecule has 0 aromatic heterocycles. The first kappa shape index (κ1) is 14.6. The van der Waals surface area contributed by atoms with Crippen LogP contribution in [0.1, 0.15) is 44.1 Å². The Kier molecular flexibility index (Phi) is 3.38. The molecule has 0 N–H and O–H groups in total. The number of ether oxygens (including phenoxy) is 1. The lowest BCUT2D eigenvalue weighted by Gasteiger charge is -2.24. The molecule has 3 atom stereocenters. The van der Waals surface area contributed by atoms with Crippen molar-refractivity contribution in [3.05, 3.63) is 69.8 Å². The highest BCUT2D eigenvalue weighted by Crippen LogP contribution is 2.45. The van der Waals surface area contributed by atoms with Gasteiger partial charge in [0.15, 0.2) is 5.78 Å². The number of aryl methyl sites for hydroxylation is 2. The van der Waals surface area contributed by atoms with Crippen molar-refractivity contribution in [3.8, 4) is 0 Å². The van der Waals surface area contributed by atoms with Gasteiger partial charge in [-0.05, 0) is 48.9 Å². The number of ketones is 1. The van der Waals surface area contributed by atoms with E-state index >= 15 is 0 Å². The lowest BCUT2D eigenvalue weighted by Crippen LogP contribution is -2.28. The van der Waals surface area contributed by atoms with Crippen molar-refractivity contribution >= 4 is 5.78 Å². The molecular formula is C21H22O2. The minimum atomic E-state index is 0.0131. The average Bonchev–Trinajstić information content (AvgIpc) is 3.04. The van der Waals surface area contributed by atoms with E-state index in [0.717, 1.165) is 24.0 Å². The average molecular weight is 306 g/mol. The van der Waals surface area contributed by atoms with E-state index in [-0.39, 0.29) is 17.9 Å². The number of hydrogen-bond donors (Lipinski definition) is 0. The summed E-state index contributed by atoms with van der Waals surface area (Å²) in [5, 5.41) is 0. The maximum atomic E-state index is 13.1. The molecule has 4 rings (SSSR count). The largest absolute Gasteiger partial charge is 0.380 e. The van der Waals surface area contributed by atoms with Crippen molar-refractivity contribution in [2.45, 2.75) is 38.7 Å². The molecule has 3 unspecified atom stereocenters. The Morgan fingerprint density at radius 3 is 2.61 bits per heavy atom. The van der Waals surface area contributed by atoms with E-state index < -0.39 is 0 Å². The molecule has 0 radical (unpaired) electrons. The van der Waals surface area contributed by atoms with Gasteiger partial charge in [0.2, 0.25) is 0 Å². The lowest BCUT2D eigenvalue weighted by molar-refractivity contribution is 0.0621. The van der Waals surface area contributed by atoms with Crippen LogP contribution in [0.2, 0.25) is 0 Å². The van der Waals surface area contributed by atoms with Crippen LogP contribution in [0, 0.1) is 19.8 Å². The summed E-state index contributed by atoms with van der Waals surface area (Å²) in [6.45, 7) is 4.16. The third-order valence-electron chi connectivity index (χ3n) is 5.56. The van der Waals surface area contributed by atoms with Gasteiger partial charge in [-0.25, -0.2) is 0 Å². The molecule has 2 aromatic carbocycles. The Balaban J connectivity index is 1.77. The minimum absolute atomic E-state index is 0.0131. The van der Waals surface area contributed by atoms with Crippen LogP contribution in [0.4, 0.5) is 0 Å². The molecular weight excluding hydrogens is 284 g/mol. The third-order valence-corrected chi connectivity index (χ3v) is 5.56. The van der Waals surface area contributed by atoms with E-state index in [4.69, 9.17) is 4.74 Å². The summed E-state index contributed by atoms with van der Waals surface area (Å²) in [4.78, 5) is 13.1. The second-order valence-electron chi connectivity index (χ2n) is 6.99. The fraction of sp³-hybridized carbons (Fsp3) is 0.381. The number of rotatable bonds is 2. The van der Waals surface area contributed by atoms with Gasteiger partial charge in [-0.3, -0.25) is 4.79 Å². The van der Waals surface area contributed by atoms with Crippen LogP contribution in [-0.4, -0.2) is 19.0 Å². The Labute approximate surface area is 137 Å². The van der Waals surface area contributed by atoms with Crippen LogP contribution in [-0.2, 0) is 17.6 Å². The minimum Gasteiger partial charge on any atom is -0.380 e. The summed E-state index contributed by atoms with van der Waals surface area (Å²) in [5.41, 5.74) is 7.18. The molecule has 2 heteroatoms. The first-order valence-corrected chi connectivity index (χ1v) is 8.35. The van der Waals surface area contributed by atoms with Crippen LogP contribution < -0.4 is 0 Å². The van der Waals surface area contributed by atoms with Crippen molar-refractivity contribution in [1.29, 1.82) is 0 Å². The number of methoxy groups -OCH3 is 1. The highest BCUT2D eigenvalue weighted by atomic mass is 16.5. The molecule has 0 fully saturated rings. The smallest absolute Gasteiger partial charge is 0.167 e. The first-order chi connectivity index (χ1) is 11.1. The zero-order valence-electron chi connectivity index (χ0n) is 13.9. The van der Waals surface area contributed by atoms with Gasteiger partial charge < -0.3 is 4.74 Å². The number of fused-ring (bicyclic) bond motifs is 2. The van der Waals surface area contributed by atoms with Crippen molar-refractivity contribution in [3.63, 3.8) is 0 Å². The second-order valence-corrected chi connectivity index (χ2v) is 6.99. The summed E-state index contributed by atoms with van der Waals surface area (Å²) < 4.78 is 5.77. The van der Waals surface area contributed by atoms with E-state index in [1.165, 1.54) is 22.3 Å². The molecule has 0 aliphatic heterocycles. The van der Waals surface area contributed by atoms with E-state index in [9.17, 15) is 4.79 Å². The predicted molar refractivity (Wildman–Crippen MR) is 91.1 cm³/mol. The molecule has 0 bridgehead atoms. The zero-order valence-corrected chi connectivity index (χ0v) is 13.9. The number of carbonyl (C=O) groups is 1. The van der Waals surface area contributed by atoms with E-state index in [1.54, 1.807) is 7.11 Å². The van der Waals surface area contributed by atoms with Gasteiger partial charge in [0.05, 0.1) is 6.10 Å². The van der Waals surface area contributed by atoms with Crippen LogP contribution in [0.25, 0.3) is 0 Å². The summed E-state index contributed by atoms with van der Waals surface area (Å²) in [6, 6.07) is 12.8. The molecule has 0 heterocycles. The van der Waals surface area contributed by atoms with Crippen molar-refractivity contribution in [2.24, 2.45) is 5.92 Å². The number of benzene rings is 2. The van der Waals surface area contributed by atoms with Gasteiger partial charge in [-0.15, -0.1) is 0 Å². The third kappa shape index (κ3) is 2.16. The Morgan fingerprint density at radius 2 is 1.83 bits per heavy atom. The molecule has 118 valence electrons. The summed E-state index contributed by atoms with van der Waals surface area (Å²) in [7, 11) is 1.77. The van der Waals surface area contributed by atoms with Gasteiger partial charge in [-0.2, -0.15) is 0 Å². The Hall–Kier alpha value is -1.93. The maximum absolute atomic E-state index is 13.1. The normalized spacial score (nSPS) is 25.5. The molecule has 23 heavy (non-hydrogen) atoms. The van der Waals surface area contributed by atoms with Gasteiger partial charge in [0.1, 0.15) is 0 Å². The number of carbonyl (C=O) groups excluding carboxylic acids is 1. The fourth-order valence-electron chi connectivity index (χ4n) is 4.67. The number of Topliss-reactive ketones (excluding diaryl/α,β-unsaturated/α-hetero) is 1. The van der Waals surface area contributed by atoms with Crippen LogP contribution in [0.3, 0.4) is 0 Å². The number of hydrogen-bond acceptors (Lipinski definition) is 2. The molecule has 2 nitrogen and oxygen atoms in total. The van der Waals surface area contributed by atoms with E-state index in [1.807, 2.05) is 0 Å². The molecule has 2 aliphatic rings. The second kappa shape index (κ2) is 5.31. The van der Waals surface area contributed by atoms with E-state index in [0.29, 0.717) is 5.78 Å². The molecule has 2 aromatic rings. The molecule has 0 spiro atoms. The van der Waals surface area contributed by atoms with Crippen LogP contribution >= 0.6 is 0 Å². The molecule has 2 aliphatic carbocycles. The maximum Gasteiger partial charge on any atom is 0.167 e. The van der Waals surface area contributed by atoms with Crippen molar-refractivity contribution in [1.82, 2.24) is 0 Å². The van der Waals surface area contributed by atoms with Gasteiger partial charge >= 0.3 is 0 Å². The highest BCUT2D eigenvalue weighted by Gasteiger charge is 2.45. The van der Waals surface area contributed by atoms with Crippen molar-refractivity contribution in [2.75, 3.05) is 7.11 Å². The SMILES string of the molecule is COC1Cc2ccccc2C1C1Cc2cc(C)cc(C)c2C1=O. The standard InChI is InChI=1S/C21H22O2/c1-12-8-13(2)19-15(9-12)10-17(21(19)22)20-16-7-5-4-6-14(16)11-18(20)23-3/h4-9,17-18,20H,10-11H2,1-3H3. The molecule has 0 saturated heterocycles. The zero-order chi connectivity index (χ0) is 16.1. The summed E-state index contributed by atoms with van der Waals surface area (Å²) >= 11 is 0. The summed E-state index contributed by atoms with van der Waals surface area (Å²) in [5.74, 6) is 0.496. The van der Waals surface area contributed by atoms with Gasteiger partial charge in [-0.1, -0.05) is 42.0 Å². The highest BCUT2D eigenvalue weighted by molar-refractivity contribution is 6.04. The lowest BCUT2D eigenvalue weighted by atomic mass is 9.83. The topological polar surface area (TPSA) is 26.3 Å². The molecule has 0 saturated carbocycles. The van der Waals surface area contributed by atoms with Gasteiger partial charge in [0, 0.05) is 24.5 Å². The molecule has 0 amide bonds. The first-order valence-electron chi connectivity index (χ1n) is 8.35. The fourth-order valence-corrected chi connectivity index (χ4v) is 4.67. The van der Waals surface area contributed by atoms with E-state index in [2.05, 4.69) is 50.2 Å². The summed E-state index contributed by atoms with van der Waals surface area (Å²) in [6.07, 6.45) is 1.86. The van der Waals surface area contributed by atoms with Gasteiger partial charge in [0.25, 0.3) is 0 Å². The Morgan fingerprint density at radius 1 is 1.04 bits per heavy atom. The quantitative estimate of drug-likeness (QED) is 0.838. The monoisotopic (exact) mass is 306 g/mol. The van der Waals surface area contributed by atoms with Crippen LogP contribution in [0.15, 0.2) is 36.4 Å².